The van der Waals surface area contributed by atoms with Crippen LogP contribution in [0.1, 0.15) is 154 Å². The molecule has 3 saturated heterocycles. The summed E-state index contributed by atoms with van der Waals surface area (Å²) in [6.45, 7) is 26.2. The van der Waals surface area contributed by atoms with Crippen molar-refractivity contribution in [2.75, 3.05) is 0 Å². The van der Waals surface area contributed by atoms with E-state index in [-0.39, 0.29) is 64.5 Å². The highest BCUT2D eigenvalue weighted by Gasteiger charge is 2.65. The average Bonchev–Trinajstić information content (AvgIpc) is 2.14. The Bertz CT molecular complexity index is 3100. The van der Waals surface area contributed by atoms with E-state index in [1.54, 1.807) is 31.2 Å². The number of phenols is 1. The molecule has 0 saturated carbocycles. The molecule has 3 aliphatic rings. The predicted molar refractivity (Wildman–Crippen MR) is 333 cm³/mol. The van der Waals surface area contributed by atoms with Crippen molar-refractivity contribution in [3.05, 3.63) is 151 Å². The highest BCUT2D eigenvalue weighted by atomic mass is 32.2. The zero-order chi connectivity index (χ0) is 66.9. The van der Waals surface area contributed by atoms with E-state index in [1.165, 1.54) is 52.8 Å². The van der Waals surface area contributed by atoms with Gasteiger partial charge in [-0.2, -0.15) is 8.78 Å². The van der Waals surface area contributed by atoms with Crippen LogP contribution in [-0.2, 0) is 74.3 Å². The van der Waals surface area contributed by atoms with Gasteiger partial charge >= 0.3 is 35.1 Å². The molecule has 8 rings (SSSR count). The molecule has 0 spiro atoms. The number of phenolic OH excluding ortho intramolecular Hbond substituents is 1. The summed E-state index contributed by atoms with van der Waals surface area (Å²) in [6, 6.07) is 44.5. The molecular formula is C69H89F3O15S2. The Hall–Kier alpha value is -6.74. The number of hydrogen-bond donors (Lipinski definition) is 1. The molecule has 3 heterocycles. The normalized spacial score (nSPS) is 18.2. The van der Waals surface area contributed by atoms with Gasteiger partial charge in [-0.1, -0.05) is 108 Å². The third kappa shape index (κ3) is 19.6. The van der Waals surface area contributed by atoms with Gasteiger partial charge in [0.15, 0.2) is 43.1 Å². The quantitative estimate of drug-likeness (QED) is 0.0252. The third-order valence-corrected chi connectivity index (χ3v) is 19.9. The first-order valence-corrected chi connectivity index (χ1v) is 32.7. The van der Waals surface area contributed by atoms with Crippen LogP contribution in [0.3, 0.4) is 0 Å². The molecule has 0 radical (unpaired) electrons. The van der Waals surface area contributed by atoms with Crippen LogP contribution in [0.25, 0.3) is 0 Å². The molecule has 6 unspecified atom stereocenters. The van der Waals surface area contributed by atoms with Crippen LogP contribution in [0, 0.1) is 33.4 Å². The van der Waals surface area contributed by atoms with Gasteiger partial charge in [0.1, 0.15) is 29.0 Å². The molecule has 3 aliphatic heterocycles. The molecule has 488 valence electrons. The van der Waals surface area contributed by atoms with Crippen molar-refractivity contribution < 1.29 is 83.6 Å². The molecule has 5 aromatic rings. The van der Waals surface area contributed by atoms with Gasteiger partial charge < -0.3 is 38.1 Å². The zero-order valence-corrected chi connectivity index (χ0v) is 55.4. The van der Waals surface area contributed by atoms with Crippen molar-refractivity contribution >= 4 is 50.9 Å². The largest absolute Gasteiger partial charge is 0.743 e. The van der Waals surface area contributed by atoms with E-state index in [9.17, 15) is 50.1 Å². The number of rotatable bonds is 20. The van der Waals surface area contributed by atoms with Crippen LogP contribution in [0.4, 0.5) is 13.2 Å². The second-order valence-electron chi connectivity index (χ2n) is 24.5. The minimum atomic E-state index is -5.86. The molecular weight excluding hydrogens is 1190 g/mol. The fourth-order valence-corrected chi connectivity index (χ4v) is 11.2. The van der Waals surface area contributed by atoms with Gasteiger partial charge in [0.25, 0.3) is 0 Å². The SMILES string of the molecule is CCC(C)(C)C(=O)OC(C)C(F)(F)S(=O)(=O)[O-].CCC(C)(C)C(=O)OC(CC)(CC)c1ccc(F)cc1.CCC(C)(C)C(=O)OC1C2CC3C(=O)OC1C3O2.CCC(C)(C)C(=O)Oc1ccc(O)cc1.c1ccc([S+](c2ccccc2)c2ccccc2)cc1. The van der Waals surface area contributed by atoms with E-state index >= 15 is 0 Å². The number of hydrogen-bond acceptors (Lipinski definition) is 15. The lowest BCUT2D eigenvalue weighted by molar-refractivity contribution is -0.173. The first-order chi connectivity index (χ1) is 41.5. The summed E-state index contributed by atoms with van der Waals surface area (Å²) >= 11 is 0. The second-order valence-corrected chi connectivity index (χ2v) is 28.0. The third-order valence-electron chi connectivity index (χ3n) is 16.6. The number of carbonyl (C=O) groups is 5. The smallest absolute Gasteiger partial charge is 0.369 e. The summed E-state index contributed by atoms with van der Waals surface area (Å²) in [5.41, 5.74) is -2.32. The second kappa shape index (κ2) is 31.8. The van der Waals surface area contributed by atoms with Gasteiger partial charge in [-0.3, -0.25) is 24.0 Å². The van der Waals surface area contributed by atoms with Gasteiger partial charge in [0.2, 0.25) is 0 Å². The van der Waals surface area contributed by atoms with E-state index in [2.05, 4.69) is 95.7 Å². The minimum Gasteiger partial charge on any atom is -0.743 e. The number of carbonyl (C=O) groups excluding carboxylic acids is 5. The van der Waals surface area contributed by atoms with E-state index in [0.29, 0.717) is 44.8 Å². The van der Waals surface area contributed by atoms with Crippen molar-refractivity contribution in [1.82, 2.24) is 0 Å². The fraction of sp³-hybridized carbons (Fsp3) is 0.493. The Kier molecular flexibility index (Phi) is 26.7. The van der Waals surface area contributed by atoms with Gasteiger partial charge in [-0.15, -0.1) is 0 Å². The molecule has 20 heteroatoms. The van der Waals surface area contributed by atoms with E-state index in [0.717, 1.165) is 18.4 Å². The lowest BCUT2D eigenvalue weighted by atomic mass is 9.86. The molecule has 0 amide bonds. The van der Waals surface area contributed by atoms with E-state index < -0.39 is 66.9 Å². The van der Waals surface area contributed by atoms with Crippen LogP contribution in [0.2, 0.25) is 0 Å². The Morgan fingerprint density at radius 1 is 0.607 bits per heavy atom. The molecule has 15 nitrogen and oxygen atoms in total. The topological polar surface area (TPSA) is 218 Å². The Morgan fingerprint density at radius 2 is 1.02 bits per heavy atom. The minimum absolute atomic E-state index is 0.0146. The van der Waals surface area contributed by atoms with Crippen molar-refractivity contribution in [2.45, 2.75) is 205 Å². The summed E-state index contributed by atoms with van der Waals surface area (Å²) < 4.78 is 102. The van der Waals surface area contributed by atoms with Gasteiger partial charge in [0, 0.05) is 0 Å². The van der Waals surface area contributed by atoms with Crippen molar-refractivity contribution in [3.63, 3.8) is 0 Å². The summed E-state index contributed by atoms with van der Waals surface area (Å²) in [4.78, 5) is 63.2. The Labute approximate surface area is 526 Å². The molecule has 5 aromatic carbocycles. The number of halogens is 3. The lowest BCUT2D eigenvalue weighted by Crippen LogP contribution is -2.44. The predicted octanol–water partition coefficient (Wildman–Crippen LogP) is 14.9. The molecule has 3 fully saturated rings. The monoisotopic (exact) mass is 1280 g/mol. The number of aromatic hydroxyl groups is 1. The first-order valence-electron chi connectivity index (χ1n) is 30.0. The summed E-state index contributed by atoms with van der Waals surface area (Å²) in [7, 11) is -5.87. The standard InChI is InChI=1S/C18H15S.C17H25FO2.C13H18O5.C12H16O3.C9H16F2O5S/c1-4-10-16(11-5-1)19(17-12-6-2-7-13-17)18-14-8-3-9-15-18;1-6-16(4,5)15(19)20-17(7-2,8-3)13-9-11-14(18)12-10-13;1-4-13(2,3)12(15)18-9-7-5-6-8(16-7)10(9)17-11(6)14;1-4-12(2,3)11(14)15-10-7-5-9(13)6-8-10;1-5-8(3,4)7(12)16-6(2)9(10,11)17(13,14)15/h1-15H;9-12H,6-8H2,1-5H3;6-10H,4-5H2,1-3H3;5-8,13H,4H2,1-3H3;6H,5H2,1-4H3,(H,13,14,15)/q+1;;;;/p-1. The molecule has 89 heavy (non-hydrogen) atoms. The first kappa shape index (κ1) is 74.7. The highest BCUT2D eigenvalue weighted by molar-refractivity contribution is 7.97. The summed E-state index contributed by atoms with van der Waals surface area (Å²) in [5, 5.41) is 4.42. The van der Waals surface area contributed by atoms with Crippen LogP contribution in [0.5, 0.6) is 11.5 Å². The molecule has 2 bridgehead atoms. The van der Waals surface area contributed by atoms with Gasteiger partial charge in [-0.05, 0) is 186 Å². The van der Waals surface area contributed by atoms with Gasteiger partial charge in [0.05, 0.1) is 44.6 Å². The van der Waals surface area contributed by atoms with Crippen molar-refractivity contribution in [2.24, 2.45) is 27.6 Å². The van der Waals surface area contributed by atoms with Crippen LogP contribution in [0.15, 0.2) is 154 Å². The lowest BCUT2D eigenvalue weighted by Gasteiger charge is -2.35. The maximum atomic E-state index is 13.1. The maximum Gasteiger partial charge on any atom is 0.369 e. The van der Waals surface area contributed by atoms with Crippen LogP contribution in [-0.4, -0.2) is 83.7 Å². The molecule has 1 N–H and O–H groups in total. The van der Waals surface area contributed by atoms with Crippen LogP contribution < -0.4 is 4.74 Å². The Balaban J connectivity index is 0.000000239. The number of ether oxygens (including phenoxy) is 6. The number of fused-ring (bicyclic) bond motifs is 1. The van der Waals surface area contributed by atoms with E-state index in [4.69, 9.17) is 28.8 Å². The summed E-state index contributed by atoms with van der Waals surface area (Å²) in [5.74, 6) is -1.70. The Morgan fingerprint density at radius 3 is 1.44 bits per heavy atom. The zero-order valence-electron chi connectivity index (χ0n) is 53.8. The van der Waals surface area contributed by atoms with Gasteiger partial charge in [-0.25, -0.2) is 12.8 Å². The van der Waals surface area contributed by atoms with Crippen molar-refractivity contribution in [1.29, 1.82) is 0 Å². The number of esters is 5. The molecule has 0 aromatic heterocycles. The van der Waals surface area contributed by atoms with Crippen molar-refractivity contribution in [3.8, 4) is 11.5 Å². The molecule has 0 aliphatic carbocycles. The van der Waals surface area contributed by atoms with E-state index in [1.807, 2.05) is 76.2 Å². The molecule has 6 atom stereocenters. The fourth-order valence-electron chi connectivity index (χ4n) is 8.60. The maximum absolute atomic E-state index is 13.1. The average molecular weight is 1280 g/mol. The highest BCUT2D eigenvalue weighted by Crippen LogP contribution is 2.48. The summed E-state index contributed by atoms with van der Waals surface area (Å²) in [6.07, 6.45) is 0.930. The number of benzene rings is 5. The number of alkyl halides is 2. The van der Waals surface area contributed by atoms with Crippen LogP contribution >= 0.6 is 0 Å².